The second-order valence-electron chi connectivity index (χ2n) is 5.36. The predicted molar refractivity (Wildman–Crippen MR) is 74.2 cm³/mol. The van der Waals surface area contributed by atoms with E-state index in [9.17, 15) is 0 Å². The molecule has 1 aromatic carbocycles. The Kier molecular flexibility index (Phi) is 2.68. The number of nitrogens with zero attached hydrogens (tertiary/aromatic N) is 4. The minimum atomic E-state index is 0.191. The zero-order chi connectivity index (χ0) is 13.7. The third-order valence-electron chi connectivity index (χ3n) is 4.11. The van der Waals surface area contributed by atoms with Crippen molar-refractivity contribution in [2.24, 2.45) is 0 Å². The number of anilines is 1. The molecule has 3 unspecified atom stereocenters. The smallest absolute Gasteiger partial charge is 0.183 e. The zero-order valence-corrected chi connectivity index (χ0v) is 11.5. The number of halogens is 1. The van der Waals surface area contributed by atoms with Gasteiger partial charge in [0.1, 0.15) is 0 Å². The van der Waals surface area contributed by atoms with E-state index in [4.69, 9.17) is 22.1 Å². The van der Waals surface area contributed by atoms with Gasteiger partial charge in [-0.15, -0.1) is 5.10 Å². The van der Waals surface area contributed by atoms with Crippen molar-refractivity contribution in [3.05, 3.63) is 23.2 Å². The van der Waals surface area contributed by atoms with Crippen molar-refractivity contribution in [3.8, 4) is 11.4 Å². The summed E-state index contributed by atoms with van der Waals surface area (Å²) in [5, 5.41) is 12.7. The van der Waals surface area contributed by atoms with Crippen LogP contribution >= 0.6 is 11.6 Å². The third kappa shape index (κ3) is 1.79. The number of benzene rings is 1. The van der Waals surface area contributed by atoms with Crippen LogP contribution in [0.2, 0.25) is 5.02 Å². The molecule has 7 heteroatoms. The van der Waals surface area contributed by atoms with Crippen LogP contribution in [0, 0.1) is 0 Å². The van der Waals surface area contributed by atoms with Crippen LogP contribution in [-0.2, 0) is 4.74 Å². The molecular formula is C13H14ClN5O. The Morgan fingerprint density at radius 3 is 3.00 bits per heavy atom. The molecule has 0 radical (unpaired) electrons. The summed E-state index contributed by atoms with van der Waals surface area (Å²) in [5.41, 5.74) is 7.24. The van der Waals surface area contributed by atoms with Crippen molar-refractivity contribution < 1.29 is 4.74 Å². The van der Waals surface area contributed by atoms with E-state index in [1.165, 1.54) is 0 Å². The lowest BCUT2D eigenvalue weighted by molar-refractivity contribution is 0.0922. The van der Waals surface area contributed by atoms with Gasteiger partial charge in [-0.3, -0.25) is 0 Å². The minimum absolute atomic E-state index is 0.191. The second-order valence-corrected chi connectivity index (χ2v) is 5.77. The maximum Gasteiger partial charge on any atom is 0.183 e. The maximum atomic E-state index is 6.25. The van der Waals surface area contributed by atoms with E-state index >= 15 is 0 Å². The van der Waals surface area contributed by atoms with Gasteiger partial charge in [0.25, 0.3) is 0 Å². The van der Waals surface area contributed by atoms with Crippen LogP contribution < -0.4 is 5.73 Å². The lowest BCUT2D eigenvalue weighted by Gasteiger charge is -2.19. The lowest BCUT2D eigenvalue weighted by Crippen LogP contribution is -2.23. The Bertz CT molecular complexity index is 658. The molecule has 0 spiro atoms. The van der Waals surface area contributed by atoms with E-state index in [2.05, 4.69) is 15.5 Å². The first-order valence-corrected chi connectivity index (χ1v) is 7.09. The predicted octanol–water partition coefficient (Wildman–Crippen LogP) is 2.07. The standard InChI is InChI=1S/C13H14ClN5O/c14-10-3-1-7(15)5-9(10)13-16-17-18-19(13)11-6-8-2-4-12(11)20-8/h1,3,5,8,11-12H,2,4,6,15H2. The molecule has 2 aliphatic rings. The average molecular weight is 292 g/mol. The number of fused-ring (bicyclic) bond motifs is 2. The SMILES string of the molecule is Nc1ccc(Cl)c(-c2nnnn2C2CC3CCC2O3)c1. The van der Waals surface area contributed by atoms with E-state index < -0.39 is 0 Å². The number of nitrogen functional groups attached to an aromatic ring is 1. The Hall–Kier alpha value is -1.66. The molecule has 3 atom stereocenters. The van der Waals surface area contributed by atoms with E-state index in [1.807, 2.05) is 4.68 Å². The fraction of sp³-hybridized carbons (Fsp3) is 0.462. The summed E-state index contributed by atoms with van der Waals surface area (Å²) >= 11 is 6.25. The molecule has 0 aliphatic carbocycles. The van der Waals surface area contributed by atoms with Gasteiger partial charge in [-0.2, -0.15) is 0 Å². The van der Waals surface area contributed by atoms with Gasteiger partial charge in [0.15, 0.2) is 5.82 Å². The van der Waals surface area contributed by atoms with E-state index in [0.29, 0.717) is 22.6 Å². The first-order chi connectivity index (χ1) is 9.72. The van der Waals surface area contributed by atoms with Gasteiger partial charge in [0.2, 0.25) is 0 Å². The molecule has 2 saturated heterocycles. The van der Waals surface area contributed by atoms with Gasteiger partial charge in [0.05, 0.1) is 23.3 Å². The molecule has 2 N–H and O–H groups in total. The first kappa shape index (κ1) is 12.1. The van der Waals surface area contributed by atoms with E-state index in [-0.39, 0.29) is 12.1 Å². The summed E-state index contributed by atoms with van der Waals surface area (Å²) in [5.74, 6) is 0.656. The van der Waals surface area contributed by atoms with Crippen molar-refractivity contribution in [1.82, 2.24) is 20.2 Å². The number of ether oxygens (including phenoxy) is 1. The fourth-order valence-corrected chi connectivity index (χ4v) is 3.38. The zero-order valence-electron chi connectivity index (χ0n) is 10.7. The number of nitrogens with two attached hydrogens (primary N) is 1. The normalized spacial score (nSPS) is 28.1. The van der Waals surface area contributed by atoms with Crippen LogP contribution in [0.15, 0.2) is 18.2 Å². The number of tetrazole rings is 1. The van der Waals surface area contributed by atoms with Crippen LogP contribution in [0.25, 0.3) is 11.4 Å². The van der Waals surface area contributed by atoms with E-state index in [1.54, 1.807) is 18.2 Å². The van der Waals surface area contributed by atoms with E-state index in [0.717, 1.165) is 24.8 Å². The fourth-order valence-electron chi connectivity index (χ4n) is 3.18. The number of aromatic nitrogens is 4. The van der Waals surface area contributed by atoms with Gasteiger partial charge < -0.3 is 10.5 Å². The first-order valence-electron chi connectivity index (χ1n) is 6.71. The maximum absolute atomic E-state index is 6.25. The van der Waals surface area contributed by atoms with Crippen molar-refractivity contribution in [2.45, 2.75) is 37.5 Å². The van der Waals surface area contributed by atoms with Gasteiger partial charge in [0, 0.05) is 11.3 Å². The molecule has 0 saturated carbocycles. The van der Waals surface area contributed by atoms with Crippen molar-refractivity contribution in [1.29, 1.82) is 0 Å². The largest absolute Gasteiger partial charge is 0.399 e. The van der Waals surface area contributed by atoms with Crippen LogP contribution in [0.5, 0.6) is 0 Å². The summed E-state index contributed by atoms with van der Waals surface area (Å²) in [6.07, 6.45) is 3.72. The number of rotatable bonds is 2. The molecule has 2 bridgehead atoms. The van der Waals surface area contributed by atoms with Crippen molar-refractivity contribution in [3.63, 3.8) is 0 Å². The molecule has 0 amide bonds. The summed E-state index contributed by atoms with van der Waals surface area (Å²) < 4.78 is 7.72. The average Bonchev–Trinajstić information content (AvgIpc) is 3.15. The van der Waals surface area contributed by atoms with Gasteiger partial charge in [-0.05, 0) is 47.9 Å². The van der Waals surface area contributed by atoms with Crippen LogP contribution in [0.3, 0.4) is 0 Å². The Morgan fingerprint density at radius 1 is 1.35 bits per heavy atom. The van der Waals surface area contributed by atoms with Gasteiger partial charge in [-0.1, -0.05) is 11.6 Å². The summed E-state index contributed by atoms with van der Waals surface area (Å²) in [4.78, 5) is 0. The van der Waals surface area contributed by atoms with Crippen molar-refractivity contribution in [2.75, 3.05) is 5.73 Å². The van der Waals surface area contributed by atoms with Gasteiger partial charge >= 0.3 is 0 Å². The Balaban J connectivity index is 1.77. The minimum Gasteiger partial charge on any atom is -0.399 e. The monoisotopic (exact) mass is 291 g/mol. The highest BCUT2D eigenvalue weighted by molar-refractivity contribution is 6.33. The summed E-state index contributed by atoms with van der Waals surface area (Å²) in [7, 11) is 0. The molecule has 2 aliphatic heterocycles. The highest BCUT2D eigenvalue weighted by atomic mass is 35.5. The molecule has 2 fully saturated rings. The highest BCUT2D eigenvalue weighted by Gasteiger charge is 2.43. The highest BCUT2D eigenvalue weighted by Crippen LogP contribution is 2.42. The van der Waals surface area contributed by atoms with Crippen LogP contribution in [0.4, 0.5) is 5.69 Å². The number of hydrogen-bond donors (Lipinski definition) is 1. The van der Waals surface area contributed by atoms with Crippen molar-refractivity contribution >= 4 is 17.3 Å². The van der Waals surface area contributed by atoms with Crippen LogP contribution in [0.1, 0.15) is 25.3 Å². The topological polar surface area (TPSA) is 78.9 Å². The molecule has 20 heavy (non-hydrogen) atoms. The Morgan fingerprint density at radius 2 is 2.25 bits per heavy atom. The molecule has 104 valence electrons. The molecule has 4 rings (SSSR count). The summed E-state index contributed by atoms with van der Waals surface area (Å²) in [6, 6.07) is 5.53. The number of hydrogen-bond acceptors (Lipinski definition) is 5. The Labute approximate surface area is 120 Å². The molecule has 2 aromatic rings. The summed E-state index contributed by atoms with van der Waals surface area (Å²) in [6.45, 7) is 0. The molecule has 3 heterocycles. The van der Waals surface area contributed by atoms with Crippen LogP contribution in [-0.4, -0.2) is 32.4 Å². The quantitative estimate of drug-likeness (QED) is 0.857. The van der Waals surface area contributed by atoms with Gasteiger partial charge in [-0.25, -0.2) is 4.68 Å². The molecular weight excluding hydrogens is 278 g/mol. The molecule has 1 aromatic heterocycles. The lowest BCUT2D eigenvalue weighted by atomic mass is 9.95. The second kappa shape index (κ2) is 4.43. The molecule has 6 nitrogen and oxygen atoms in total. The third-order valence-corrected chi connectivity index (χ3v) is 4.44.